The molecule has 0 unspecified atom stereocenters. The number of hydrogen-bond donors (Lipinski definition) is 0. The molecular weight excluding hydrogens is 168 g/mol. The van der Waals surface area contributed by atoms with Gasteiger partial charge in [0.2, 0.25) is 0 Å². The molecule has 0 saturated carbocycles. The van der Waals surface area contributed by atoms with Crippen LogP contribution in [0.4, 0.5) is 0 Å². The topological polar surface area (TPSA) is 49.4 Å². The minimum absolute atomic E-state index is 0.340. The minimum Gasteiger partial charge on any atom is -0.872 e. The lowest BCUT2D eigenvalue weighted by molar-refractivity contribution is -0.244. The number of carbonyl (C=O) groups excluding carboxylic acids is 1. The van der Waals surface area contributed by atoms with Crippen LogP contribution in [0.1, 0.15) is 5.56 Å². The summed E-state index contributed by atoms with van der Waals surface area (Å²) in [7, 11) is 1.23. The molecule has 0 saturated heterocycles. The number of rotatable bonds is 2. The van der Waals surface area contributed by atoms with E-state index in [-0.39, 0.29) is 5.76 Å². The monoisotopic (exact) mass is 177 g/mol. The maximum Gasteiger partial charge on any atom is 0.329 e. The number of ether oxygens (including phenoxy) is 1. The van der Waals surface area contributed by atoms with Crippen LogP contribution in [0.25, 0.3) is 5.76 Å². The fourth-order valence-corrected chi connectivity index (χ4v) is 0.852. The maximum atomic E-state index is 11.3. The van der Waals surface area contributed by atoms with Gasteiger partial charge in [0.25, 0.3) is 0 Å². The van der Waals surface area contributed by atoms with Gasteiger partial charge >= 0.3 is 5.97 Å². The first-order valence-corrected chi connectivity index (χ1v) is 3.76. The summed E-state index contributed by atoms with van der Waals surface area (Å²) in [5.74, 6) is -0.971. The molecule has 3 heteroatoms. The lowest BCUT2D eigenvalue weighted by Gasteiger charge is -2.10. The molecule has 0 fully saturated rings. The predicted molar refractivity (Wildman–Crippen MR) is 46.4 cm³/mol. The quantitative estimate of drug-likeness (QED) is 0.377. The van der Waals surface area contributed by atoms with E-state index in [1.165, 1.54) is 7.11 Å². The van der Waals surface area contributed by atoms with E-state index in [0.29, 0.717) is 5.56 Å². The van der Waals surface area contributed by atoms with E-state index < -0.39 is 5.97 Å². The lowest BCUT2D eigenvalue weighted by atomic mass is 10.2. The predicted octanol–water partition coefficient (Wildman–Crippen LogP) is 0.561. The van der Waals surface area contributed by atoms with Gasteiger partial charge in [-0.25, -0.2) is 4.79 Å². The third kappa shape index (κ3) is 2.63. The Morgan fingerprint density at radius 3 is 2.54 bits per heavy atom. The molecule has 0 N–H and O–H groups in total. The van der Waals surface area contributed by atoms with Gasteiger partial charge in [-0.3, -0.25) is 0 Å². The van der Waals surface area contributed by atoms with Gasteiger partial charge in [0.15, 0.2) is 0 Å². The van der Waals surface area contributed by atoms with Gasteiger partial charge in [0.1, 0.15) is 0 Å². The molecule has 0 heterocycles. The molecule has 1 rings (SSSR count). The Hall–Kier alpha value is -1.77. The summed E-state index contributed by atoms with van der Waals surface area (Å²) in [6.07, 6.45) is 0.926. The molecule has 1 aromatic carbocycles. The molecule has 3 nitrogen and oxygen atoms in total. The van der Waals surface area contributed by atoms with Crippen molar-refractivity contribution in [1.29, 1.82) is 0 Å². The first kappa shape index (κ1) is 9.32. The molecule has 0 bridgehead atoms. The van der Waals surface area contributed by atoms with Crippen molar-refractivity contribution in [2.24, 2.45) is 0 Å². The lowest BCUT2D eigenvalue weighted by Crippen LogP contribution is -2.06. The molecule has 0 atom stereocenters. The number of esters is 1. The number of hydrogen-bond acceptors (Lipinski definition) is 3. The van der Waals surface area contributed by atoms with Crippen LogP contribution in [0.2, 0.25) is 0 Å². The molecule has 0 aromatic heterocycles. The third-order valence-corrected chi connectivity index (χ3v) is 1.51. The van der Waals surface area contributed by atoms with Crippen LogP contribution in [0.5, 0.6) is 0 Å². The zero-order chi connectivity index (χ0) is 9.68. The second-order valence-corrected chi connectivity index (χ2v) is 2.40. The van der Waals surface area contributed by atoms with Crippen molar-refractivity contribution in [3.63, 3.8) is 0 Å². The van der Waals surface area contributed by atoms with Crippen molar-refractivity contribution < 1.29 is 14.6 Å². The Morgan fingerprint density at radius 2 is 2.00 bits per heavy atom. The van der Waals surface area contributed by atoms with Crippen LogP contribution in [-0.4, -0.2) is 13.1 Å². The molecule has 13 heavy (non-hydrogen) atoms. The molecular formula is C10H9O3-. The van der Waals surface area contributed by atoms with Crippen molar-refractivity contribution in [2.45, 2.75) is 0 Å². The zero-order valence-electron chi connectivity index (χ0n) is 7.19. The van der Waals surface area contributed by atoms with Crippen LogP contribution >= 0.6 is 0 Å². The highest BCUT2D eigenvalue weighted by Gasteiger charge is 1.93. The van der Waals surface area contributed by atoms with Crippen LogP contribution < -0.4 is 5.11 Å². The molecule has 0 radical (unpaired) electrons. The highest BCUT2D eigenvalue weighted by atomic mass is 16.5. The van der Waals surface area contributed by atoms with Gasteiger partial charge in [0, 0.05) is 6.08 Å². The number of carbonyl (C=O) groups is 1. The summed E-state index contributed by atoms with van der Waals surface area (Å²) in [6.45, 7) is 0. The van der Waals surface area contributed by atoms with E-state index in [9.17, 15) is 9.90 Å². The largest absolute Gasteiger partial charge is 0.872 e. The van der Waals surface area contributed by atoms with Gasteiger partial charge < -0.3 is 9.84 Å². The Kier molecular flexibility index (Phi) is 3.09. The van der Waals surface area contributed by atoms with E-state index >= 15 is 0 Å². The molecule has 0 aliphatic carbocycles. The minimum atomic E-state index is -0.631. The van der Waals surface area contributed by atoms with Crippen molar-refractivity contribution >= 4 is 11.7 Å². The van der Waals surface area contributed by atoms with Crippen LogP contribution in [0, 0.1) is 0 Å². The van der Waals surface area contributed by atoms with E-state index in [1.54, 1.807) is 30.3 Å². The second kappa shape index (κ2) is 4.30. The Labute approximate surface area is 76.3 Å². The van der Waals surface area contributed by atoms with Gasteiger partial charge in [-0.1, -0.05) is 36.1 Å². The van der Waals surface area contributed by atoms with E-state index in [2.05, 4.69) is 4.74 Å². The Morgan fingerprint density at radius 1 is 1.38 bits per heavy atom. The molecule has 1 aromatic rings. The summed E-state index contributed by atoms with van der Waals surface area (Å²) in [6, 6.07) is 8.55. The van der Waals surface area contributed by atoms with E-state index in [1.807, 2.05) is 0 Å². The summed E-state index contributed by atoms with van der Waals surface area (Å²) in [5, 5.41) is 11.3. The van der Waals surface area contributed by atoms with Gasteiger partial charge in [-0.15, -0.1) is 0 Å². The van der Waals surface area contributed by atoms with Crippen molar-refractivity contribution in [1.82, 2.24) is 0 Å². The Balaban J connectivity index is 2.85. The van der Waals surface area contributed by atoms with Crippen molar-refractivity contribution in [2.75, 3.05) is 7.11 Å². The SMILES string of the molecule is COC(=O)/C=C(\[O-])c1ccccc1. The standard InChI is InChI=1S/C10H10O3/c1-13-10(12)7-9(11)8-5-3-2-4-6-8/h2-7,11H,1H3/p-1/b9-7-. The smallest absolute Gasteiger partial charge is 0.329 e. The van der Waals surface area contributed by atoms with Crippen LogP contribution in [0.15, 0.2) is 36.4 Å². The van der Waals surface area contributed by atoms with Gasteiger partial charge in [-0.05, 0) is 5.56 Å². The third-order valence-electron chi connectivity index (χ3n) is 1.51. The number of methoxy groups -OCH3 is 1. The zero-order valence-corrected chi connectivity index (χ0v) is 7.19. The first-order chi connectivity index (χ1) is 6.24. The fourth-order valence-electron chi connectivity index (χ4n) is 0.852. The van der Waals surface area contributed by atoms with Gasteiger partial charge in [-0.2, -0.15) is 0 Å². The summed E-state index contributed by atoms with van der Waals surface area (Å²) < 4.78 is 4.33. The fraction of sp³-hybridized carbons (Fsp3) is 0.100. The molecule has 0 aliphatic heterocycles. The summed E-state index contributed by atoms with van der Waals surface area (Å²) >= 11 is 0. The van der Waals surface area contributed by atoms with Crippen molar-refractivity contribution in [3.05, 3.63) is 42.0 Å². The molecule has 0 amide bonds. The average Bonchev–Trinajstić information content (AvgIpc) is 2.19. The highest BCUT2D eigenvalue weighted by molar-refractivity contribution is 5.88. The van der Waals surface area contributed by atoms with Crippen LogP contribution in [0.3, 0.4) is 0 Å². The average molecular weight is 177 g/mol. The summed E-state index contributed by atoms with van der Waals surface area (Å²) in [5.41, 5.74) is 0.480. The normalized spacial score (nSPS) is 11.0. The number of benzene rings is 1. The highest BCUT2D eigenvalue weighted by Crippen LogP contribution is 2.06. The maximum absolute atomic E-state index is 11.3. The molecule has 0 aliphatic rings. The second-order valence-electron chi connectivity index (χ2n) is 2.40. The van der Waals surface area contributed by atoms with Crippen molar-refractivity contribution in [3.8, 4) is 0 Å². The summed E-state index contributed by atoms with van der Waals surface area (Å²) in [4.78, 5) is 10.7. The first-order valence-electron chi connectivity index (χ1n) is 3.76. The van der Waals surface area contributed by atoms with Crippen LogP contribution in [-0.2, 0) is 9.53 Å². The Bertz CT molecular complexity index is 314. The van der Waals surface area contributed by atoms with E-state index in [0.717, 1.165) is 6.08 Å². The molecule has 0 spiro atoms. The van der Waals surface area contributed by atoms with E-state index in [4.69, 9.17) is 0 Å². The molecule has 68 valence electrons. The van der Waals surface area contributed by atoms with Gasteiger partial charge in [0.05, 0.1) is 7.11 Å².